The van der Waals surface area contributed by atoms with Gasteiger partial charge in [0.2, 0.25) is 11.8 Å². The second-order valence-corrected chi connectivity index (χ2v) is 12.7. The molecule has 46 heavy (non-hydrogen) atoms. The number of aromatic nitrogens is 4. The molecule has 1 aliphatic carbocycles. The maximum Gasteiger partial charge on any atom is 0.253 e. The molecule has 11 nitrogen and oxygen atoms in total. The molecule has 11 heteroatoms. The fourth-order valence-electron chi connectivity index (χ4n) is 6.93. The number of nitrogens with zero attached hydrogens (tertiary/aromatic N) is 4. The zero-order chi connectivity index (χ0) is 31.8. The van der Waals surface area contributed by atoms with Gasteiger partial charge >= 0.3 is 0 Å². The van der Waals surface area contributed by atoms with Crippen molar-refractivity contribution in [1.82, 2.24) is 30.4 Å². The molecule has 1 aromatic carbocycles. The highest BCUT2D eigenvalue weighted by Gasteiger charge is 2.52. The summed E-state index contributed by atoms with van der Waals surface area (Å²) < 4.78 is 5.81. The van der Waals surface area contributed by atoms with E-state index < -0.39 is 11.5 Å². The Morgan fingerprint density at radius 3 is 2.80 bits per heavy atom. The lowest BCUT2D eigenvalue weighted by Crippen LogP contribution is -2.48. The number of H-pyrrole nitrogens is 1. The van der Waals surface area contributed by atoms with Crippen molar-refractivity contribution in [3.63, 3.8) is 0 Å². The highest BCUT2D eigenvalue weighted by Crippen LogP contribution is 2.46. The Hall–Kier alpha value is -4.90. The number of hydrogen-bond acceptors (Lipinski definition) is 7. The number of carbonyl (C=O) groups excluding carboxylic acids is 3. The van der Waals surface area contributed by atoms with Gasteiger partial charge in [-0.2, -0.15) is 5.10 Å². The second kappa shape index (κ2) is 12.1. The minimum Gasteiger partial charge on any atom is -0.377 e. The average molecular weight is 620 g/mol. The van der Waals surface area contributed by atoms with E-state index in [2.05, 4.69) is 30.8 Å². The number of aryl methyl sites for hydroxylation is 1. The molecule has 5 heterocycles. The highest BCUT2D eigenvalue weighted by molar-refractivity contribution is 6.06. The van der Waals surface area contributed by atoms with Crippen LogP contribution in [0, 0.1) is 6.92 Å². The lowest BCUT2D eigenvalue weighted by atomic mass is 9.79. The van der Waals surface area contributed by atoms with Gasteiger partial charge in [-0.1, -0.05) is 18.2 Å². The summed E-state index contributed by atoms with van der Waals surface area (Å²) in [7, 11) is 1.78. The number of hydrogen-bond donors (Lipinski definition) is 3. The number of benzene rings is 1. The van der Waals surface area contributed by atoms with Crippen LogP contribution in [0.2, 0.25) is 0 Å². The van der Waals surface area contributed by atoms with E-state index in [-0.39, 0.29) is 17.7 Å². The first-order chi connectivity index (χ1) is 22.3. The molecule has 3 aromatic heterocycles. The van der Waals surface area contributed by atoms with E-state index >= 15 is 0 Å². The Kier molecular flexibility index (Phi) is 7.85. The maximum absolute atomic E-state index is 13.8. The third kappa shape index (κ3) is 5.55. The molecule has 3 N–H and O–H groups in total. The van der Waals surface area contributed by atoms with Crippen molar-refractivity contribution in [3.05, 3.63) is 88.0 Å². The molecular formula is C35H37N7O4. The third-order valence-corrected chi connectivity index (χ3v) is 9.41. The van der Waals surface area contributed by atoms with Crippen molar-refractivity contribution < 1.29 is 19.1 Å². The number of anilines is 1. The van der Waals surface area contributed by atoms with Gasteiger partial charge in [-0.15, -0.1) is 0 Å². The van der Waals surface area contributed by atoms with Crippen molar-refractivity contribution in [2.24, 2.45) is 0 Å². The number of rotatable bonds is 2. The third-order valence-electron chi connectivity index (χ3n) is 9.41. The van der Waals surface area contributed by atoms with Crippen LogP contribution in [0.4, 0.5) is 5.82 Å². The molecule has 7 rings (SSSR count). The van der Waals surface area contributed by atoms with Gasteiger partial charge in [0.1, 0.15) is 11.9 Å². The van der Waals surface area contributed by atoms with Gasteiger partial charge in [-0.3, -0.25) is 24.5 Å². The molecule has 0 saturated heterocycles. The Labute approximate surface area is 266 Å². The summed E-state index contributed by atoms with van der Waals surface area (Å²) in [4.78, 5) is 51.9. The lowest BCUT2D eigenvalue weighted by molar-refractivity contribution is -0.132. The van der Waals surface area contributed by atoms with Crippen LogP contribution in [0.1, 0.15) is 63.1 Å². The predicted molar refractivity (Wildman–Crippen MR) is 173 cm³/mol. The van der Waals surface area contributed by atoms with Crippen molar-refractivity contribution in [2.45, 2.75) is 56.9 Å². The zero-order valence-corrected chi connectivity index (χ0v) is 26.1. The van der Waals surface area contributed by atoms with E-state index in [1.807, 2.05) is 43.3 Å². The predicted octanol–water partition coefficient (Wildman–Crippen LogP) is 3.66. The first-order valence-electron chi connectivity index (χ1n) is 15.8. The smallest absolute Gasteiger partial charge is 0.253 e. The Balaban J connectivity index is 1.20. The van der Waals surface area contributed by atoms with Crippen LogP contribution >= 0.6 is 0 Å². The van der Waals surface area contributed by atoms with Crippen molar-refractivity contribution in [3.8, 4) is 0 Å². The molecule has 3 aliphatic rings. The van der Waals surface area contributed by atoms with Crippen LogP contribution < -0.4 is 10.6 Å². The fraction of sp³-hybridized carbons (Fsp3) is 0.371. The van der Waals surface area contributed by atoms with Gasteiger partial charge in [0.15, 0.2) is 0 Å². The van der Waals surface area contributed by atoms with Gasteiger partial charge in [0, 0.05) is 62.1 Å². The van der Waals surface area contributed by atoms with Gasteiger partial charge < -0.3 is 20.3 Å². The van der Waals surface area contributed by atoms with Gasteiger partial charge in [0.25, 0.3) is 5.91 Å². The van der Waals surface area contributed by atoms with Crippen molar-refractivity contribution >= 4 is 40.5 Å². The van der Waals surface area contributed by atoms with E-state index in [1.54, 1.807) is 30.5 Å². The molecule has 2 aliphatic heterocycles. The second-order valence-electron chi connectivity index (χ2n) is 12.7. The lowest BCUT2D eigenvalue weighted by Gasteiger charge is -2.25. The summed E-state index contributed by atoms with van der Waals surface area (Å²) in [5.41, 5.74) is 5.77. The summed E-state index contributed by atoms with van der Waals surface area (Å²) in [6.45, 7) is 3.66. The van der Waals surface area contributed by atoms with Crippen LogP contribution in [0.15, 0.2) is 48.9 Å². The Bertz CT molecular complexity index is 1880. The Morgan fingerprint density at radius 2 is 1.91 bits per heavy atom. The number of amides is 3. The maximum atomic E-state index is 13.8. The quantitative estimate of drug-likeness (QED) is 0.311. The number of carbonyl (C=O) groups is 3. The number of pyridine rings is 2. The Morgan fingerprint density at radius 1 is 1.02 bits per heavy atom. The minimum absolute atomic E-state index is 0.114. The normalized spacial score (nSPS) is 22.8. The SMILES string of the molecule is Cc1cc(C[C@H]2NC(=O)c3cnc4c(c3)C[C@@]3(C4)C(=O)Nc4ncc(cc43)/C=C/COCCCCCN(C)C2=O)cc2cn[nH]c12. The molecule has 0 saturated carbocycles. The summed E-state index contributed by atoms with van der Waals surface area (Å²) in [6, 6.07) is 7.07. The molecule has 236 valence electrons. The first kappa shape index (κ1) is 29.8. The molecule has 2 atom stereocenters. The van der Waals surface area contributed by atoms with E-state index in [4.69, 9.17) is 4.74 Å². The number of fused-ring (bicyclic) bond motifs is 3. The topological polar surface area (TPSA) is 142 Å². The van der Waals surface area contributed by atoms with Crippen LogP contribution in [0.25, 0.3) is 17.0 Å². The number of likely N-dealkylation sites (N-methyl/N-ethyl adjacent to an activating group) is 1. The number of aromatic amines is 1. The van der Waals surface area contributed by atoms with Crippen molar-refractivity contribution in [2.75, 3.05) is 32.1 Å². The molecule has 0 radical (unpaired) electrons. The summed E-state index contributed by atoms with van der Waals surface area (Å²) >= 11 is 0. The standard InChI is InChI=1S/C35H37N7O4/c1-21-11-23(12-25-20-38-41-30(21)25)14-28-33(44)42(2)8-4-3-5-9-46-10-6-7-22-13-27-31(37-18-22)40-34(45)35(27)16-24-15-26(32(43)39-28)19-36-29(24)17-35/h6-7,11-13,15,18-20,28H,3-5,8-10,14,16-17H2,1-2H3,(H,38,41)(H,39,43)(H,37,40,45)/b7-6+/t28-,35+/m1/s1. The van der Waals surface area contributed by atoms with Crippen LogP contribution in [0.3, 0.4) is 0 Å². The molecular weight excluding hydrogens is 582 g/mol. The van der Waals surface area contributed by atoms with Gasteiger partial charge in [-0.05, 0) is 73.1 Å². The molecule has 3 amide bonds. The zero-order valence-electron chi connectivity index (χ0n) is 26.1. The summed E-state index contributed by atoms with van der Waals surface area (Å²) in [6.07, 6.45) is 12.7. The molecule has 1 spiro atoms. The largest absolute Gasteiger partial charge is 0.377 e. The number of nitrogens with one attached hydrogen (secondary N) is 3. The summed E-state index contributed by atoms with van der Waals surface area (Å²) in [5, 5.41) is 14.1. The fourth-order valence-corrected chi connectivity index (χ4v) is 6.93. The molecule has 5 bridgehead atoms. The van der Waals surface area contributed by atoms with E-state index in [9.17, 15) is 14.4 Å². The van der Waals surface area contributed by atoms with Gasteiger partial charge in [0.05, 0.1) is 29.3 Å². The monoisotopic (exact) mass is 619 g/mol. The number of ether oxygens (including phenoxy) is 1. The van der Waals surface area contributed by atoms with E-state index in [0.29, 0.717) is 50.4 Å². The molecule has 0 fully saturated rings. The van der Waals surface area contributed by atoms with Crippen LogP contribution in [0.5, 0.6) is 0 Å². The van der Waals surface area contributed by atoms with Crippen molar-refractivity contribution in [1.29, 1.82) is 0 Å². The molecule has 4 aromatic rings. The molecule has 0 unspecified atom stereocenters. The summed E-state index contributed by atoms with van der Waals surface area (Å²) in [5.74, 6) is -0.0874. The van der Waals surface area contributed by atoms with E-state index in [0.717, 1.165) is 63.7 Å². The average Bonchev–Trinajstić information content (AvgIpc) is 3.75. The van der Waals surface area contributed by atoms with Crippen LogP contribution in [-0.4, -0.2) is 75.6 Å². The highest BCUT2D eigenvalue weighted by atomic mass is 16.5. The minimum atomic E-state index is -0.838. The van der Waals surface area contributed by atoms with Gasteiger partial charge in [-0.25, -0.2) is 4.98 Å². The first-order valence-corrected chi connectivity index (χ1v) is 15.8. The van der Waals surface area contributed by atoms with E-state index in [1.165, 1.54) is 0 Å². The van der Waals surface area contributed by atoms with Crippen LogP contribution in [-0.2, 0) is 39.0 Å².